The Hall–Kier alpha value is -3.14. The van der Waals surface area contributed by atoms with Gasteiger partial charge in [-0.2, -0.15) is 0 Å². The van der Waals surface area contributed by atoms with Crippen LogP contribution < -0.4 is 20.9 Å². The van der Waals surface area contributed by atoms with Gasteiger partial charge in [0.05, 0.1) is 25.6 Å². The van der Waals surface area contributed by atoms with Crippen molar-refractivity contribution in [1.82, 2.24) is 0 Å². The van der Waals surface area contributed by atoms with Crippen LogP contribution in [0.4, 0.5) is 11.4 Å². The fourth-order valence-electron chi connectivity index (χ4n) is 2.68. The van der Waals surface area contributed by atoms with Gasteiger partial charge in [0.25, 0.3) is 0 Å². The number of hydrogen-bond acceptors (Lipinski definition) is 4. The van der Waals surface area contributed by atoms with Crippen molar-refractivity contribution in [3.05, 3.63) is 60.7 Å². The lowest BCUT2D eigenvalue weighted by molar-refractivity contribution is 0.415. The molecule has 0 aliphatic heterocycles. The maximum absolute atomic E-state index is 6.30. The third kappa shape index (κ3) is 2.86. The molecule has 0 radical (unpaired) electrons. The van der Waals surface area contributed by atoms with E-state index >= 15 is 0 Å². The van der Waals surface area contributed by atoms with E-state index in [9.17, 15) is 0 Å². The Kier molecular flexibility index (Phi) is 4.29. The highest BCUT2D eigenvalue weighted by molar-refractivity contribution is 5.93. The van der Waals surface area contributed by atoms with Gasteiger partial charge in [0.2, 0.25) is 0 Å². The summed E-state index contributed by atoms with van der Waals surface area (Å²) in [7, 11) is 3.29. The molecule has 4 N–H and O–H groups in total. The fourth-order valence-corrected chi connectivity index (χ4v) is 2.68. The Labute approximate surface area is 141 Å². The zero-order valence-corrected chi connectivity index (χ0v) is 13.7. The van der Waals surface area contributed by atoms with Crippen molar-refractivity contribution in [3.8, 4) is 33.8 Å². The molecule has 0 atom stereocenters. The summed E-state index contributed by atoms with van der Waals surface area (Å²) in [5.74, 6) is 1.61. The van der Waals surface area contributed by atoms with Crippen LogP contribution in [0.15, 0.2) is 60.7 Å². The lowest BCUT2D eigenvalue weighted by Crippen LogP contribution is -2.00. The lowest BCUT2D eigenvalue weighted by Gasteiger charge is -2.14. The van der Waals surface area contributed by atoms with Crippen LogP contribution in [0.1, 0.15) is 0 Å². The summed E-state index contributed by atoms with van der Waals surface area (Å²) >= 11 is 0. The molecule has 0 fully saturated rings. The molecule has 0 amide bonds. The Balaban J connectivity index is 2.01. The number of ether oxygens (including phenoxy) is 2. The molecule has 122 valence electrons. The van der Waals surface area contributed by atoms with Crippen molar-refractivity contribution in [1.29, 1.82) is 0 Å². The number of nitrogen functional groups attached to an aromatic ring is 2. The third-order valence-electron chi connectivity index (χ3n) is 4.09. The molecule has 0 aliphatic carbocycles. The van der Waals surface area contributed by atoms with Crippen LogP contribution in [-0.2, 0) is 0 Å². The van der Waals surface area contributed by atoms with Gasteiger partial charge in [-0.3, -0.25) is 0 Å². The van der Waals surface area contributed by atoms with Gasteiger partial charge in [-0.05, 0) is 35.4 Å². The second-order valence-electron chi connectivity index (χ2n) is 5.45. The smallest absolute Gasteiger partial charge is 0.118 e. The Morgan fingerprint density at radius 3 is 1.17 bits per heavy atom. The maximum Gasteiger partial charge on any atom is 0.118 e. The minimum atomic E-state index is 0.577. The summed E-state index contributed by atoms with van der Waals surface area (Å²) in [6.07, 6.45) is 0. The number of hydrogen-bond donors (Lipinski definition) is 2. The molecular weight excluding hydrogens is 300 g/mol. The predicted molar refractivity (Wildman–Crippen MR) is 99.2 cm³/mol. The minimum absolute atomic E-state index is 0.577. The highest BCUT2D eigenvalue weighted by atomic mass is 16.5. The normalized spacial score (nSPS) is 10.4. The molecule has 24 heavy (non-hydrogen) atoms. The summed E-state index contributed by atoms with van der Waals surface area (Å²) < 4.78 is 10.4. The average molecular weight is 320 g/mol. The van der Waals surface area contributed by atoms with Crippen molar-refractivity contribution in [2.75, 3.05) is 25.7 Å². The largest absolute Gasteiger partial charge is 0.497 e. The van der Waals surface area contributed by atoms with Crippen LogP contribution in [0.25, 0.3) is 22.3 Å². The van der Waals surface area contributed by atoms with Crippen LogP contribution in [0.3, 0.4) is 0 Å². The van der Waals surface area contributed by atoms with E-state index in [1.54, 1.807) is 14.2 Å². The lowest BCUT2D eigenvalue weighted by atomic mass is 9.96. The number of rotatable bonds is 4. The first-order valence-electron chi connectivity index (χ1n) is 7.61. The van der Waals surface area contributed by atoms with E-state index in [4.69, 9.17) is 20.9 Å². The van der Waals surface area contributed by atoms with Crippen LogP contribution in [0, 0.1) is 0 Å². The number of methoxy groups -OCH3 is 2. The van der Waals surface area contributed by atoms with E-state index in [1.807, 2.05) is 60.7 Å². The zero-order valence-electron chi connectivity index (χ0n) is 13.7. The first-order chi connectivity index (χ1) is 11.6. The molecule has 0 bridgehead atoms. The standard InChI is InChI=1S/C20H20N2O2/c1-23-15-7-3-13(4-8-15)17-11-12-18(20(22)19(17)21)14-5-9-16(24-2)10-6-14/h3-12H,21-22H2,1-2H3. The molecule has 4 nitrogen and oxygen atoms in total. The van der Waals surface area contributed by atoms with Crippen LogP contribution in [-0.4, -0.2) is 14.2 Å². The molecular formula is C20H20N2O2. The van der Waals surface area contributed by atoms with Crippen molar-refractivity contribution in [3.63, 3.8) is 0 Å². The zero-order chi connectivity index (χ0) is 17.1. The molecule has 3 aromatic carbocycles. The summed E-state index contributed by atoms with van der Waals surface area (Å²) in [4.78, 5) is 0. The minimum Gasteiger partial charge on any atom is -0.497 e. The van der Waals surface area contributed by atoms with Crippen LogP contribution in [0.5, 0.6) is 11.5 Å². The summed E-state index contributed by atoms with van der Waals surface area (Å²) in [5, 5.41) is 0. The van der Waals surface area contributed by atoms with Crippen molar-refractivity contribution in [2.24, 2.45) is 0 Å². The van der Waals surface area contributed by atoms with Crippen LogP contribution in [0.2, 0.25) is 0 Å². The Morgan fingerprint density at radius 2 is 0.875 bits per heavy atom. The first kappa shape index (κ1) is 15.7. The monoisotopic (exact) mass is 320 g/mol. The van der Waals surface area contributed by atoms with Gasteiger partial charge in [0.1, 0.15) is 11.5 Å². The molecule has 0 aromatic heterocycles. The first-order valence-corrected chi connectivity index (χ1v) is 7.61. The number of benzene rings is 3. The molecule has 4 heteroatoms. The van der Waals surface area contributed by atoms with Gasteiger partial charge >= 0.3 is 0 Å². The third-order valence-corrected chi connectivity index (χ3v) is 4.09. The molecule has 0 saturated carbocycles. The van der Waals surface area contributed by atoms with Gasteiger partial charge in [-0.1, -0.05) is 36.4 Å². The van der Waals surface area contributed by atoms with E-state index < -0.39 is 0 Å². The van der Waals surface area contributed by atoms with Gasteiger partial charge in [-0.15, -0.1) is 0 Å². The van der Waals surface area contributed by atoms with Gasteiger partial charge in [0.15, 0.2) is 0 Å². The molecule has 3 rings (SSSR count). The van der Waals surface area contributed by atoms with E-state index in [2.05, 4.69) is 0 Å². The van der Waals surface area contributed by atoms with Crippen molar-refractivity contribution in [2.45, 2.75) is 0 Å². The maximum atomic E-state index is 6.30. The van der Waals surface area contributed by atoms with Gasteiger partial charge in [0, 0.05) is 11.1 Å². The molecule has 0 aliphatic rings. The summed E-state index contributed by atoms with van der Waals surface area (Å²) in [5.41, 5.74) is 17.6. The molecule has 0 spiro atoms. The van der Waals surface area contributed by atoms with Gasteiger partial charge < -0.3 is 20.9 Å². The predicted octanol–water partition coefficient (Wildman–Crippen LogP) is 4.20. The van der Waals surface area contributed by atoms with E-state index in [-0.39, 0.29) is 0 Å². The second kappa shape index (κ2) is 6.54. The van der Waals surface area contributed by atoms with E-state index in [0.717, 1.165) is 33.8 Å². The highest BCUT2D eigenvalue weighted by Gasteiger charge is 2.11. The van der Waals surface area contributed by atoms with Gasteiger partial charge in [-0.25, -0.2) is 0 Å². The average Bonchev–Trinajstić information content (AvgIpc) is 2.64. The quantitative estimate of drug-likeness (QED) is 0.707. The fraction of sp³-hybridized carbons (Fsp3) is 0.100. The van der Waals surface area contributed by atoms with Crippen LogP contribution >= 0.6 is 0 Å². The topological polar surface area (TPSA) is 70.5 Å². The number of nitrogens with two attached hydrogens (primary N) is 2. The summed E-state index contributed by atoms with van der Waals surface area (Å²) in [6, 6.07) is 19.5. The molecule has 0 heterocycles. The second-order valence-corrected chi connectivity index (χ2v) is 5.45. The van der Waals surface area contributed by atoms with E-state index in [0.29, 0.717) is 11.4 Å². The SMILES string of the molecule is COc1ccc(-c2ccc(-c3ccc(OC)cc3)c(N)c2N)cc1. The molecule has 3 aromatic rings. The number of anilines is 2. The Morgan fingerprint density at radius 1 is 0.542 bits per heavy atom. The Bertz CT molecular complexity index is 768. The summed E-state index contributed by atoms with van der Waals surface area (Å²) in [6.45, 7) is 0. The van der Waals surface area contributed by atoms with Crippen molar-refractivity contribution >= 4 is 11.4 Å². The highest BCUT2D eigenvalue weighted by Crippen LogP contribution is 2.38. The molecule has 0 unspecified atom stereocenters. The van der Waals surface area contributed by atoms with E-state index in [1.165, 1.54) is 0 Å². The molecule has 0 saturated heterocycles. The van der Waals surface area contributed by atoms with Crippen molar-refractivity contribution < 1.29 is 9.47 Å².